The minimum Gasteiger partial charge on any atom is -0.481 e. The summed E-state index contributed by atoms with van der Waals surface area (Å²) < 4.78 is 44.4. The number of aromatic nitrogens is 1. The standard InChI is InChI=1S/C14H15F3N2O4/c1-8-3-4-9(10(18-8)23-2)11(20)19-6-5-13(7-19,12(21)22)14(15,16)17/h3-4H,5-7H2,1-2H3,(H,21,22)/t13-/m1/s1. The van der Waals surface area contributed by atoms with Crippen LogP contribution in [0.15, 0.2) is 12.1 Å². The molecule has 9 heteroatoms. The van der Waals surface area contributed by atoms with Gasteiger partial charge in [0.15, 0.2) is 5.41 Å². The molecule has 0 spiro atoms. The number of rotatable bonds is 3. The Balaban J connectivity index is 2.32. The average Bonchev–Trinajstić information content (AvgIpc) is 2.92. The molecule has 23 heavy (non-hydrogen) atoms. The lowest BCUT2D eigenvalue weighted by Gasteiger charge is -2.27. The van der Waals surface area contributed by atoms with Gasteiger partial charge in [0.25, 0.3) is 5.91 Å². The maximum absolute atomic E-state index is 13.1. The van der Waals surface area contributed by atoms with Gasteiger partial charge in [-0.25, -0.2) is 4.98 Å². The van der Waals surface area contributed by atoms with Gasteiger partial charge in [-0.1, -0.05) is 0 Å². The van der Waals surface area contributed by atoms with Crippen molar-refractivity contribution in [3.63, 3.8) is 0 Å². The second-order valence-corrected chi connectivity index (χ2v) is 5.37. The summed E-state index contributed by atoms with van der Waals surface area (Å²) in [6.07, 6.45) is -5.62. The van der Waals surface area contributed by atoms with Crippen LogP contribution in [0.25, 0.3) is 0 Å². The zero-order valence-electron chi connectivity index (χ0n) is 12.5. The van der Waals surface area contributed by atoms with Crippen LogP contribution < -0.4 is 4.74 Å². The van der Waals surface area contributed by atoms with E-state index in [1.165, 1.54) is 19.2 Å². The summed E-state index contributed by atoms with van der Waals surface area (Å²) in [6.45, 7) is 0.440. The van der Waals surface area contributed by atoms with Gasteiger partial charge in [-0.15, -0.1) is 0 Å². The molecule has 1 fully saturated rings. The van der Waals surface area contributed by atoms with E-state index in [9.17, 15) is 22.8 Å². The number of carboxylic acids is 1. The van der Waals surface area contributed by atoms with Gasteiger partial charge in [-0.2, -0.15) is 13.2 Å². The molecular weight excluding hydrogens is 317 g/mol. The van der Waals surface area contributed by atoms with Crippen molar-refractivity contribution in [3.8, 4) is 5.88 Å². The van der Waals surface area contributed by atoms with E-state index in [2.05, 4.69) is 4.98 Å². The van der Waals surface area contributed by atoms with Crippen molar-refractivity contribution in [2.24, 2.45) is 5.41 Å². The van der Waals surface area contributed by atoms with E-state index in [-0.39, 0.29) is 18.0 Å². The number of amides is 1. The molecule has 1 aliphatic rings. The first-order chi connectivity index (χ1) is 10.6. The van der Waals surface area contributed by atoms with Crippen molar-refractivity contribution in [2.75, 3.05) is 20.2 Å². The molecule has 0 saturated carbocycles. The maximum atomic E-state index is 13.1. The number of aliphatic carboxylic acids is 1. The van der Waals surface area contributed by atoms with Crippen LogP contribution in [0.1, 0.15) is 22.5 Å². The second-order valence-electron chi connectivity index (χ2n) is 5.37. The highest BCUT2D eigenvalue weighted by atomic mass is 19.4. The second kappa shape index (κ2) is 5.71. The first-order valence-corrected chi connectivity index (χ1v) is 6.73. The third-order valence-corrected chi connectivity index (χ3v) is 3.93. The van der Waals surface area contributed by atoms with Crippen molar-refractivity contribution in [2.45, 2.75) is 19.5 Å². The summed E-state index contributed by atoms with van der Waals surface area (Å²) in [7, 11) is 1.29. The molecule has 0 aliphatic carbocycles. The lowest BCUT2D eigenvalue weighted by molar-refractivity contribution is -0.227. The molecule has 0 bridgehead atoms. The number of hydrogen-bond donors (Lipinski definition) is 1. The van der Waals surface area contributed by atoms with Crippen LogP contribution in [0.3, 0.4) is 0 Å². The molecule has 126 valence electrons. The number of carbonyl (C=O) groups is 2. The summed E-state index contributed by atoms with van der Waals surface area (Å²) in [5, 5.41) is 9.01. The Labute approximate surface area is 129 Å². The van der Waals surface area contributed by atoms with Gasteiger partial charge in [-0.05, 0) is 25.5 Å². The van der Waals surface area contributed by atoms with E-state index in [0.29, 0.717) is 5.69 Å². The van der Waals surface area contributed by atoms with Gasteiger partial charge >= 0.3 is 12.1 Å². The van der Waals surface area contributed by atoms with Crippen molar-refractivity contribution in [3.05, 3.63) is 23.4 Å². The van der Waals surface area contributed by atoms with Crippen LogP contribution in [0.5, 0.6) is 5.88 Å². The number of halogens is 3. The smallest absolute Gasteiger partial charge is 0.406 e. The van der Waals surface area contributed by atoms with E-state index >= 15 is 0 Å². The minimum absolute atomic E-state index is 0.00135. The summed E-state index contributed by atoms with van der Waals surface area (Å²) in [5.74, 6) is -2.72. The van der Waals surface area contributed by atoms with E-state index in [1.54, 1.807) is 6.92 Å². The SMILES string of the molecule is COc1nc(C)ccc1C(=O)N1CC[C@@](C(=O)O)(C(F)(F)F)C1. The molecule has 0 unspecified atom stereocenters. The maximum Gasteiger partial charge on any atom is 0.406 e. The van der Waals surface area contributed by atoms with Crippen LogP contribution in [0.4, 0.5) is 13.2 Å². The van der Waals surface area contributed by atoms with E-state index < -0.39 is 36.4 Å². The largest absolute Gasteiger partial charge is 0.481 e. The van der Waals surface area contributed by atoms with Crippen molar-refractivity contribution in [1.29, 1.82) is 0 Å². The fourth-order valence-corrected chi connectivity index (χ4v) is 2.53. The topological polar surface area (TPSA) is 79.7 Å². The number of methoxy groups -OCH3 is 1. The molecule has 1 aromatic rings. The number of hydrogen-bond acceptors (Lipinski definition) is 4. The minimum atomic E-state index is -4.94. The normalized spacial score (nSPS) is 21.3. The highest BCUT2D eigenvalue weighted by Crippen LogP contribution is 2.46. The zero-order chi connectivity index (χ0) is 17.4. The summed E-state index contributed by atoms with van der Waals surface area (Å²) in [5.41, 5.74) is -2.36. The summed E-state index contributed by atoms with van der Waals surface area (Å²) in [4.78, 5) is 28.4. The van der Waals surface area contributed by atoms with Crippen LogP contribution >= 0.6 is 0 Å². The first kappa shape index (κ1) is 17.0. The van der Waals surface area contributed by atoms with Crippen LogP contribution in [0.2, 0.25) is 0 Å². The Bertz CT molecular complexity index is 647. The van der Waals surface area contributed by atoms with Crippen LogP contribution in [0, 0.1) is 12.3 Å². The lowest BCUT2D eigenvalue weighted by Crippen LogP contribution is -2.47. The Morgan fingerprint density at radius 2 is 2.04 bits per heavy atom. The highest BCUT2D eigenvalue weighted by Gasteiger charge is 2.64. The Hall–Kier alpha value is -2.32. The highest BCUT2D eigenvalue weighted by molar-refractivity contribution is 5.97. The molecule has 1 aromatic heterocycles. The average molecular weight is 332 g/mol. The third kappa shape index (κ3) is 2.82. The number of carboxylic acid groups (broad SMARTS) is 1. The third-order valence-electron chi connectivity index (χ3n) is 3.93. The van der Waals surface area contributed by atoms with Crippen LogP contribution in [-0.4, -0.2) is 53.2 Å². The molecule has 1 atom stereocenters. The monoisotopic (exact) mass is 332 g/mol. The number of carbonyl (C=O) groups excluding carboxylic acids is 1. The molecule has 2 rings (SSSR count). The van der Waals surface area contributed by atoms with E-state index in [1.807, 2.05) is 0 Å². The van der Waals surface area contributed by atoms with Gasteiger partial charge in [0.1, 0.15) is 5.56 Å². The van der Waals surface area contributed by atoms with Crippen molar-refractivity contribution in [1.82, 2.24) is 9.88 Å². The van der Waals surface area contributed by atoms with Gasteiger partial charge in [0.2, 0.25) is 5.88 Å². The molecule has 2 heterocycles. The summed E-state index contributed by atoms with van der Waals surface area (Å²) >= 11 is 0. The number of likely N-dealkylation sites (tertiary alicyclic amines) is 1. The fraction of sp³-hybridized carbons (Fsp3) is 0.500. The molecule has 1 aliphatic heterocycles. The van der Waals surface area contributed by atoms with Crippen LogP contribution in [-0.2, 0) is 4.79 Å². The molecule has 1 N–H and O–H groups in total. The molecule has 0 radical (unpaired) electrons. The van der Waals surface area contributed by atoms with E-state index in [0.717, 1.165) is 4.90 Å². The first-order valence-electron chi connectivity index (χ1n) is 6.73. The van der Waals surface area contributed by atoms with Crippen molar-refractivity contribution >= 4 is 11.9 Å². The predicted octanol–water partition coefficient (Wildman–Crippen LogP) is 1.88. The van der Waals surface area contributed by atoms with Gasteiger partial charge in [0.05, 0.1) is 7.11 Å². The molecule has 1 saturated heterocycles. The number of pyridine rings is 1. The van der Waals surface area contributed by atoms with Gasteiger partial charge in [0, 0.05) is 18.8 Å². The number of aryl methyl sites for hydroxylation is 1. The quantitative estimate of drug-likeness (QED) is 0.914. The zero-order valence-corrected chi connectivity index (χ0v) is 12.5. The fourth-order valence-electron chi connectivity index (χ4n) is 2.53. The molecular formula is C14H15F3N2O4. The summed E-state index contributed by atoms with van der Waals surface area (Å²) in [6, 6.07) is 2.93. The molecule has 0 aromatic carbocycles. The number of nitrogens with zero attached hydrogens (tertiary/aromatic N) is 2. The molecule has 1 amide bonds. The molecule has 6 nitrogen and oxygen atoms in total. The van der Waals surface area contributed by atoms with E-state index in [4.69, 9.17) is 9.84 Å². The number of alkyl halides is 3. The Morgan fingerprint density at radius 3 is 2.52 bits per heavy atom. The predicted molar refractivity (Wildman–Crippen MR) is 72.2 cm³/mol. The Morgan fingerprint density at radius 1 is 1.39 bits per heavy atom. The lowest BCUT2D eigenvalue weighted by atomic mass is 9.86. The van der Waals surface area contributed by atoms with Gasteiger partial charge in [-0.3, -0.25) is 9.59 Å². The van der Waals surface area contributed by atoms with Crippen molar-refractivity contribution < 1.29 is 32.6 Å². The number of ether oxygens (including phenoxy) is 1. The Kier molecular flexibility index (Phi) is 4.23. The van der Waals surface area contributed by atoms with Gasteiger partial charge < -0.3 is 14.7 Å².